The van der Waals surface area contributed by atoms with E-state index < -0.39 is 0 Å². The topological polar surface area (TPSA) is 30.2 Å². The SMILES string of the molecule is CC(=O)c1ccc(CC=C(C)C)o1. The molecule has 0 radical (unpaired) electrons. The van der Waals surface area contributed by atoms with Crippen LogP contribution in [0.15, 0.2) is 28.2 Å². The van der Waals surface area contributed by atoms with Crippen LogP contribution >= 0.6 is 0 Å². The zero-order valence-corrected chi connectivity index (χ0v) is 8.26. The molecular formula is C11H14O2. The number of allylic oxidation sites excluding steroid dienone is 2. The quantitative estimate of drug-likeness (QED) is 0.526. The molecule has 70 valence electrons. The molecule has 0 fully saturated rings. The molecule has 0 saturated carbocycles. The Morgan fingerprint density at radius 1 is 1.38 bits per heavy atom. The van der Waals surface area contributed by atoms with E-state index in [1.807, 2.05) is 19.9 Å². The minimum Gasteiger partial charge on any atom is -0.458 e. The van der Waals surface area contributed by atoms with Crippen LogP contribution in [0.5, 0.6) is 0 Å². The van der Waals surface area contributed by atoms with Gasteiger partial charge in [-0.05, 0) is 26.0 Å². The van der Waals surface area contributed by atoms with Crippen molar-refractivity contribution in [3.63, 3.8) is 0 Å². The summed E-state index contributed by atoms with van der Waals surface area (Å²) in [4.78, 5) is 10.9. The van der Waals surface area contributed by atoms with E-state index in [9.17, 15) is 4.79 Å². The molecule has 0 aliphatic heterocycles. The van der Waals surface area contributed by atoms with E-state index in [4.69, 9.17) is 4.42 Å². The van der Waals surface area contributed by atoms with Gasteiger partial charge in [-0.3, -0.25) is 4.79 Å². The molecule has 1 heterocycles. The number of hydrogen-bond donors (Lipinski definition) is 0. The van der Waals surface area contributed by atoms with Gasteiger partial charge in [0.1, 0.15) is 5.76 Å². The lowest BCUT2D eigenvalue weighted by Crippen LogP contribution is -1.86. The summed E-state index contributed by atoms with van der Waals surface area (Å²) in [5, 5.41) is 0. The Morgan fingerprint density at radius 2 is 2.08 bits per heavy atom. The van der Waals surface area contributed by atoms with Gasteiger partial charge in [0.25, 0.3) is 0 Å². The first-order valence-electron chi connectivity index (χ1n) is 4.32. The van der Waals surface area contributed by atoms with Crippen LogP contribution in [0.4, 0.5) is 0 Å². The predicted molar refractivity (Wildman–Crippen MR) is 51.8 cm³/mol. The van der Waals surface area contributed by atoms with Crippen molar-refractivity contribution < 1.29 is 9.21 Å². The Bertz CT molecular complexity index is 328. The van der Waals surface area contributed by atoms with Crippen molar-refractivity contribution in [2.45, 2.75) is 27.2 Å². The lowest BCUT2D eigenvalue weighted by molar-refractivity contribution is 0.0986. The molecule has 1 rings (SSSR count). The van der Waals surface area contributed by atoms with E-state index in [1.165, 1.54) is 12.5 Å². The maximum absolute atomic E-state index is 10.9. The van der Waals surface area contributed by atoms with Crippen molar-refractivity contribution >= 4 is 5.78 Å². The van der Waals surface area contributed by atoms with Gasteiger partial charge in [0.15, 0.2) is 11.5 Å². The number of furan rings is 1. The third-order valence-corrected chi connectivity index (χ3v) is 1.72. The van der Waals surface area contributed by atoms with Gasteiger partial charge >= 0.3 is 0 Å². The number of rotatable bonds is 3. The van der Waals surface area contributed by atoms with E-state index in [1.54, 1.807) is 6.07 Å². The first-order valence-corrected chi connectivity index (χ1v) is 4.32. The normalized spacial score (nSPS) is 9.77. The summed E-state index contributed by atoms with van der Waals surface area (Å²) >= 11 is 0. The summed E-state index contributed by atoms with van der Waals surface area (Å²) in [5.74, 6) is 1.26. The van der Waals surface area contributed by atoms with Crippen molar-refractivity contribution in [1.29, 1.82) is 0 Å². The molecule has 0 saturated heterocycles. The van der Waals surface area contributed by atoms with Gasteiger partial charge in [-0.15, -0.1) is 0 Å². The Hall–Kier alpha value is -1.31. The number of carbonyl (C=O) groups is 1. The van der Waals surface area contributed by atoms with Crippen LogP contribution in [0, 0.1) is 0 Å². The Kier molecular flexibility index (Phi) is 3.07. The largest absolute Gasteiger partial charge is 0.458 e. The van der Waals surface area contributed by atoms with Gasteiger partial charge < -0.3 is 4.42 Å². The maximum Gasteiger partial charge on any atom is 0.194 e. The van der Waals surface area contributed by atoms with Gasteiger partial charge in [0.05, 0.1) is 0 Å². The molecule has 0 amide bonds. The first-order chi connectivity index (χ1) is 6.09. The van der Waals surface area contributed by atoms with Crippen LogP contribution in [0.3, 0.4) is 0 Å². The smallest absolute Gasteiger partial charge is 0.194 e. The maximum atomic E-state index is 10.9. The predicted octanol–water partition coefficient (Wildman–Crippen LogP) is 2.99. The van der Waals surface area contributed by atoms with Crippen LogP contribution in [0.1, 0.15) is 37.1 Å². The van der Waals surface area contributed by atoms with E-state index in [2.05, 4.69) is 6.08 Å². The highest BCUT2D eigenvalue weighted by molar-refractivity contribution is 5.91. The minimum atomic E-state index is -0.0246. The van der Waals surface area contributed by atoms with Gasteiger partial charge in [-0.1, -0.05) is 11.6 Å². The molecule has 0 aromatic carbocycles. The van der Waals surface area contributed by atoms with E-state index >= 15 is 0 Å². The summed E-state index contributed by atoms with van der Waals surface area (Å²) in [6, 6.07) is 3.56. The van der Waals surface area contributed by atoms with E-state index in [0.717, 1.165) is 12.2 Å². The van der Waals surface area contributed by atoms with Gasteiger partial charge in [0, 0.05) is 13.3 Å². The molecule has 1 aromatic rings. The monoisotopic (exact) mass is 178 g/mol. The molecule has 2 heteroatoms. The highest BCUT2D eigenvalue weighted by atomic mass is 16.3. The molecule has 1 aromatic heterocycles. The fraction of sp³-hybridized carbons (Fsp3) is 0.364. The molecule has 0 atom stereocenters. The van der Waals surface area contributed by atoms with Crippen LogP contribution in [0.25, 0.3) is 0 Å². The van der Waals surface area contributed by atoms with Crippen molar-refractivity contribution in [1.82, 2.24) is 0 Å². The number of hydrogen-bond acceptors (Lipinski definition) is 2. The second kappa shape index (κ2) is 4.08. The van der Waals surface area contributed by atoms with Crippen molar-refractivity contribution in [3.8, 4) is 0 Å². The second-order valence-corrected chi connectivity index (χ2v) is 3.31. The summed E-state index contributed by atoms with van der Waals surface area (Å²) in [7, 11) is 0. The van der Waals surface area contributed by atoms with Crippen LogP contribution in [0.2, 0.25) is 0 Å². The number of ketones is 1. The third kappa shape index (κ3) is 2.90. The van der Waals surface area contributed by atoms with Gasteiger partial charge in [-0.2, -0.15) is 0 Å². The molecule has 0 bridgehead atoms. The fourth-order valence-corrected chi connectivity index (χ4v) is 0.982. The molecule has 13 heavy (non-hydrogen) atoms. The zero-order valence-electron chi connectivity index (χ0n) is 8.26. The molecule has 0 unspecified atom stereocenters. The van der Waals surface area contributed by atoms with Crippen LogP contribution in [-0.2, 0) is 6.42 Å². The number of Topliss-reactive ketones (excluding diaryl/α,β-unsaturated/α-hetero) is 1. The van der Waals surface area contributed by atoms with Gasteiger partial charge in [0.2, 0.25) is 0 Å². The van der Waals surface area contributed by atoms with Crippen molar-refractivity contribution in [2.75, 3.05) is 0 Å². The molecule has 2 nitrogen and oxygen atoms in total. The summed E-state index contributed by atoms with van der Waals surface area (Å²) in [5.41, 5.74) is 1.25. The average molecular weight is 178 g/mol. The lowest BCUT2D eigenvalue weighted by Gasteiger charge is -1.91. The van der Waals surface area contributed by atoms with E-state index in [0.29, 0.717) is 5.76 Å². The lowest BCUT2D eigenvalue weighted by atomic mass is 10.2. The van der Waals surface area contributed by atoms with Crippen LogP contribution in [-0.4, -0.2) is 5.78 Å². The standard InChI is InChI=1S/C11H14O2/c1-8(2)4-5-10-6-7-11(13-10)9(3)12/h4,6-7H,5H2,1-3H3. The Morgan fingerprint density at radius 3 is 2.54 bits per heavy atom. The fourth-order valence-electron chi connectivity index (χ4n) is 0.982. The Labute approximate surface area is 78.3 Å². The molecular weight excluding hydrogens is 164 g/mol. The minimum absolute atomic E-state index is 0.0246. The van der Waals surface area contributed by atoms with Crippen molar-refractivity contribution in [3.05, 3.63) is 35.3 Å². The molecule has 0 aliphatic carbocycles. The average Bonchev–Trinajstić information content (AvgIpc) is 2.48. The summed E-state index contributed by atoms with van der Waals surface area (Å²) in [6.45, 7) is 5.58. The third-order valence-electron chi connectivity index (χ3n) is 1.72. The van der Waals surface area contributed by atoms with Crippen LogP contribution < -0.4 is 0 Å². The van der Waals surface area contributed by atoms with Crippen molar-refractivity contribution in [2.24, 2.45) is 0 Å². The Balaban J connectivity index is 2.70. The second-order valence-electron chi connectivity index (χ2n) is 3.31. The highest BCUT2D eigenvalue weighted by Gasteiger charge is 2.04. The molecule has 0 spiro atoms. The highest BCUT2D eigenvalue weighted by Crippen LogP contribution is 2.10. The summed E-state index contributed by atoms with van der Waals surface area (Å²) in [6.07, 6.45) is 2.83. The first kappa shape index (κ1) is 9.78. The summed E-state index contributed by atoms with van der Waals surface area (Å²) < 4.78 is 5.30. The van der Waals surface area contributed by atoms with Gasteiger partial charge in [-0.25, -0.2) is 0 Å². The van der Waals surface area contributed by atoms with E-state index in [-0.39, 0.29) is 5.78 Å². The zero-order chi connectivity index (χ0) is 9.84. The molecule has 0 N–H and O–H groups in total. The molecule has 0 aliphatic rings. The number of carbonyl (C=O) groups excluding carboxylic acids is 1.